The van der Waals surface area contributed by atoms with Gasteiger partial charge in [-0.15, -0.1) is 0 Å². The Hall–Kier alpha value is -2.08. The van der Waals surface area contributed by atoms with Crippen molar-refractivity contribution >= 4 is 17.1 Å². The van der Waals surface area contributed by atoms with Crippen molar-refractivity contribution in [1.82, 2.24) is 20.2 Å². The van der Waals surface area contributed by atoms with Crippen molar-refractivity contribution in [1.29, 1.82) is 0 Å². The molecule has 21 heavy (non-hydrogen) atoms. The van der Waals surface area contributed by atoms with E-state index in [0.29, 0.717) is 19.6 Å². The first-order chi connectivity index (χ1) is 10.1. The lowest BCUT2D eigenvalue weighted by Gasteiger charge is -2.29. The molecule has 1 unspecified atom stereocenters. The second-order valence-corrected chi connectivity index (χ2v) is 5.56. The van der Waals surface area contributed by atoms with Crippen molar-refractivity contribution in [2.45, 2.75) is 32.4 Å². The van der Waals surface area contributed by atoms with E-state index in [1.807, 2.05) is 25.1 Å². The summed E-state index contributed by atoms with van der Waals surface area (Å²) in [6, 6.07) is 5.82. The molecular weight excluding hydrogens is 268 g/mol. The third kappa shape index (κ3) is 3.00. The highest BCUT2D eigenvalue weighted by atomic mass is 16.3. The number of urea groups is 1. The van der Waals surface area contributed by atoms with E-state index in [4.69, 9.17) is 0 Å². The number of aromatic nitrogens is 2. The van der Waals surface area contributed by atoms with Gasteiger partial charge < -0.3 is 20.3 Å². The molecule has 112 valence electrons. The highest BCUT2D eigenvalue weighted by molar-refractivity contribution is 5.79. The predicted octanol–water partition coefficient (Wildman–Crippen LogP) is 1.54. The molecule has 2 heterocycles. The van der Waals surface area contributed by atoms with E-state index >= 15 is 0 Å². The number of hydrogen-bond donors (Lipinski definition) is 3. The molecule has 1 aliphatic rings. The van der Waals surface area contributed by atoms with Crippen molar-refractivity contribution in [2.75, 3.05) is 13.1 Å². The van der Waals surface area contributed by atoms with Crippen LogP contribution in [0.15, 0.2) is 18.2 Å². The van der Waals surface area contributed by atoms with E-state index in [2.05, 4.69) is 15.3 Å². The zero-order valence-corrected chi connectivity index (χ0v) is 12.1. The lowest BCUT2D eigenvalue weighted by Crippen LogP contribution is -2.46. The molecule has 3 rings (SSSR count). The van der Waals surface area contributed by atoms with Crippen molar-refractivity contribution in [3.8, 4) is 0 Å². The third-order valence-electron chi connectivity index (χ3n) is 3.85. The number of likely N-dealkylation sites (tertiary alicyclic amines) is 1. The molecule has 3 N–H and O–H groups in total. The Kier molecular flexibility index (Phi) is 3.79. The smallest absolute Gasteiger partial charge is 0.317 e. The minimum Gasteiger partial charge on any atom is -0.391 e. The van der Waals surface area contributed by atoms with Gasteiger partial charge in [0.1, 0.15) is 5.82 Å². The van der Waals surface area contributed by atoms with Crippen LogP contribution in [0, 0.1) is 6.92 Å². The number of carbonyl (C=O) groups is 1. The van der Waals surface area contributed by atoms with Gasteiger partial charge in [-0.3, -0.25) is 0 Å². The van der Waals surface area contributed by atoms with Crippen molar-refractivity contribution < 1.29 is 9.90 Å². The largest absolute Gasteiger partial charge is 0.391 e. The maximum atomic E-state index is 12.1. The number of imidazole rings is 1. The average molecular weight is 288 g/mol. The second kappa shape index (κ2) is 5.73. The number of nitrogens with zero attached hydrogens (tertiary/aromatic N) is 2. The van der Waals surface area contributed by atoms with Crippen LogP contribution in [0.1, 0.15) is 24.2 Å². The Labute approximate surface area is 123 Å². The lowest BCUT2D eigenvalue weighted by molar-refractivity contribution is 0.0841. The minimum absolute atomic E-state index is 0.147. The van der Waals surface area contributed by atoms with Crippen LogP contribution in [0.2, 0.25) is 0 Å². The number of aromatic amines is 1. The number of benzene rings is 1. The summed E-state index contributed by atoms with van der Waals surface area (Å²) in [7, 11) is 0. The molecule has 0 aliphatic carbocycles. The summed E-state index contributed by atoms with van der Waals surface area (Å²) in [6.07, 6.45) is 1.21. The minimum atomic E-state index is -0.404. The van der Waals surface area contributed by atoms with Crippen LogP contribution in [0.25, 0.3) is 11.0 Å². The van der Waals surface area contributed by atoms with Crippen LogP contribution >= 0.6 is 0 Å². The van der Waals surface area contributed by atoms with Gasteiger partial charge in [0.2, 0.25) is 0 Å². The maximum Gasteiger partial charge on any atom is 0.317 e. The van der Waals surface area contributed by atoms with Crippen LogP contribution in [-0.4, -0.2) is 45.2 Å². The Morgan fingerprint density at radius 2 is 2.43 bits per heavy atom. The van der Waals surface area contributed by atoms with Crippen LogP contribution in [0.5, 0.6) is 0 Å². The molecule has 6 heteroatoms. The molecule has 0 radical (unpaired) electrons. The number of aliphatic hydroxyl groups is 1. The second-order valence-electron chi connectivity index (χ2n) is 5.56. The van der Waals surface area contributed by atoms with Gasteiger partial charge in [-0.25, -0.2) is 9.78 Å². The van der Waals surface area contributed by atoms with E-state index in [0.717, 1.165) is 35.3 Å². The molecule has 1 aromatic heterocycles. The average Bonchev–Trinajstić information content (AvgIpc) is 2.89. The lowest BCUT2D eigenvalue weighted by atomic mass is 10.1. The number of aryl methyl sites for hydroxylation is 1. The number of H-pyrrole nitrogens is 1. The number of fused-ring (bicyclic) bond motifs is 1. The first-order valence-electron chi connectivity index (χ1n) is 7.28. The SMILES string of the molecule is Cc1cccc2[nH]c(CNC(=O)N3CCCC(O)C3)nc12. The van der Waals surface area contributed by atoms with Gasteiger partial charge >= 0.3 is 6.03 Å². The van der Waals surface area contributed by atoms with Gasteiger partial charge in [0.15, 0.2) is 0 Å². The van der Waals surface area contributed by atoms with E-state index in [1.54, 1.807) is 4.90 Å². The molecule has 0 bridgehead atoms. The summed E-state index contributed by atoms with van der Waals surface area (Å²) in [6.45, 7) is 3.48. The third-order valence-corrected chi connectivity index (χ3v) is 3.85. The molecular formula is C15H20N4O2. The van der Waals surface area contributed by atoms with Gasteiger partial charge in [0.25, 0.3) is 0 Å². The van der Waals surface area contributed by atoms with E-state index in [1.165, 1.54) is 0 Å². The molecule has 1 saturated heterocycles. The Morgan fingerprint density at radius 3 is 3.19 bits per heavy atom. The Morgan fingerprint density at radius 1 is 1.57 bits per heavy atom. The van der Waals surface area contributed by atoms with Crippen LogP contribution in [0.4, 0.5) is 4.79 Å². The molecule has 1 fully saturated rings. The molecule has 1 atom stereocenters. The summed E-state index contributed by atoms with van der Waals surface area (Å²) in [4.78, 5) is 21.4. The van der Waals surface area contributed by atoms with Crippen LogP contribution < -0.4 is 5.32 Å². The summed E-state index contributed by atoms with van der Waals surface area (Å²) < 4.78 is 0. The molecule has 0 saturated carbocycles. The fourth-order valence-corrected chi connectivity index (χ4v) is 2.72. The molecule has 0 spiro atoms. The molecule has 1 aliphatic heterocycles. The van der Waals surface area contributed by atoms with E-state index in [9.17, 15) is 9.90 Å². The number of para-hydroxylation sites is 1. The molecule has 1 aromatic carbocycles. The summed E-state index contributed by atoms with van der Waals surface area (Å²) in [5, 5.41) is 12.5. The number of amides is 2. The number of aliphatic hydroxyl groups excluding tert-OH is 1. The monoisotopic (exact) mass is 288 g/mol. The van der Waals surface area contributed by atoms with Gasteiger partial charge in [-0.2, -0.15) is 0 Å². The van der Waals surface area contributed by atoms with Gasteiger partial charge in [0, 0.05) is 13.1 Å². The summed E-state index contributed by atoms with van der Waals surface area (Å²) >= 11 is 0. The van der Waals surface area contributed by atoms with Crippen molar-refractivity contribution in [2.24, 2.45) is 0 Å². The Balaban J connectivity index is 1.63. The molecule has 6 nitrogen and oxygen atoms in total. The number of β-amino-alcohol motifs (C(OH)–C–C–N with tert-alkyl or cyclic N) is 1. The number of hydrogen-bond acceptors (Lipinski definition) is 3. The number of rotatable bonds is 2. The van der Waals surface area contributed by atoms with E-state index in [-0.39, 0.29) is 6.03 Å². The topological polar surface area (TPSA) is 81.2 Å². The number of piperidine rings is 1. The van der Waals surface area contributed by atoms with Crippen molar-refractivity contribution in [3.05, 3.63) is 29.6 Å². The van der Waals surface area contributed by atoms with Crippen LogP contribution in [-0.2, 0) is 6.54 Å². The number of nitrogens with one attached hydrogen (secondary N) is 2. The maximum absolute atomic E-state index is 12.1. The number of carbonyl (C=O) groups excluding carboxylic acids is 1. The van der Waals surface area contributed by atoms with Crippen molar-refractivity contribution in [3.63, 3.8) is 0 Å². The van der Waals surface area contributed by atoms with Gasteiger partial charge in [-0.05, 0) is 31.4 Å². The zero-order valence-electron chi connectivity index (χ0n) is 12.1. The summed E-state index contributed by atoms with van der Waals surface area (Å²) in [5.74, 6) is 0.741. The first kappa shape index (κ1) is 13.9. The summed E-state index contributed by atoms with van der Waals surface area (Å²) in [5.41, 5.74) is 3.03. The van der Waals surface area contributed by atoms with Gasteiger partial charge in [0.05, 0.1) is 23.7 Å². The fraction of sp³-hybridized carbons (Fsp3) is 0.467. The Bertz CT molecular complexity index is 652. The van der Waals surface area contributed by atoms with Crippen LogP contribution in [0.3, 0.4) is 0 Å². The standard InChI is InChI=1S/C15H20N4O2/c1-10-4-2-6-12-14(10)18-13(17-12)8-16-15(21)19-7-3-5-11(20)9-19/h2,4,6,11,20H,3,5,7-9H2,1H3,(H,16,21)(H,17,18). The predicted molar refractivity (Wildman–Crippen MR) is 79.9 cm³/mol. The molecule has 2 amide bonds. The highest BCUT2D eigenvalue weighted by Crippen LogP contribution is 2.15. The molecule has 2 aromatic rings. The van der Waals surface area contributed by atoms with E-state index < -0.39 is 6.10 Å². The normalized spacial score (nSPS) is 19.0. The zero-order chi connectivity index (χ0) is 14.8. The highest BCUT2D eigenvalue weighted by Gasteiger charge is 2.21. The first-order valence-corrected chi connectivity index (χ1v) is 7.28. The van der Waals surface area contributed by atoms with Gasteiger partial charge in [-0.1, -0.05) is 12.1 Å². The fourth-order valence-electron chi connectivity index (χ4n) is 2.72. The quantitative estimate of drug-likeness (QED) is 0.784.